The normalized spacial score (nSPS) is 7.40. The van der Waals surface area contributed by atoms with E-state index in [0.29, 0.717) is 19.6 Å². The minimum absolute atomic E-state index is 0.213. The Morgan fingerprint density at radius 1 is 1.60 bits per heavy atom. The Balaban J connectivity index is 0. The second-order valence-electron chi connectivity index (χ2n) is 1.34. The van der Waals surface area contributed by atoms with Crippen molar-refractivity contribution in [3.8, 4) is 0 Å². The predicted molar refractivity (Wildman–Crippen MR) is 41.6 cm³/mol. The first kappa shape index (κ1) is 11.9. The third-order valence-electron chi connectivity index (χ3n) is 0.654. The van der Waals surface area contributed by atoms with Crippen LogP contribution >= 0.6 is 0 Å². The molecule has 3 nitrogen and oxygen atoms in total. The van der Waals surface area contributed by atoms with Gasteiger partial charge in [-0.2, -0.15) is 0 Å². The number of nitrogens with two attached hydrogens (primary N) is 1. The lowest BCUT2D eigenvalue weighted by Gasteiger charge is -1.96. The molecule has 0 radical (unpaired) electrons. The molecule has 0 heterocycles. The lowest BCUT2D eigenvalue weighted by atomic mass is 10.4. The maximum Gasteiger partial charge on any atom is 0.307 e. The van der Waals surface area contributed by atoms with Gasteiger partial charge >= 0.3 is 5.97 Å². The molecule has 0 amide bonds. The van der Waals surface area contributed by atoms with Gasteiger partial charge in [0.1, 0.15) is 0 Å². The van der Waals surface area contributed by atoms with E-state index in [0.717, 1.165) is 0 Å². The Labute approximate surface area is 61.9 Å². The average Bonchev–Trinajstić information content (AvgIpc) is 1.93. The van der Waals surface area contributed by atoms with Gasteiger partial charge in [-0.15, -0.1) is 13.2 Å². The fourth-order valence-corrected chi connectivity index (χ4v) is 0.351. The van der Waals surface area contributed by atoms with Crippen molar-refractivity contribution in [2.75, 3.05) is 13.2 Å². The molecule has 0 aliphatic rings. The molecule has 0 rings (SSSR count). The Kier molecular flexibility index (Phi) is 13.1. The summed E-state index contributed by atoms with van der Waals surface area (Å²) in [6.07, 6.45) is 0.327. The summed E-state index contributed by atoms with van der Waals surface area (Å²) in [4.78, 5) is 10.3. The number of carbonyl (C=O) groups excluding carboxylic acids is 1. The topological polar surface area (TPSA) is 52.3 Å². The zero-order valence-corrected chi connectivity index (χ0v) is 6.43. The van der Waals surface area contributed by atoms with Crippen molar-refractivity contribution in [1.29, 1.82) is 0 Å². The van der Waals surface area contributed by atoms with E-state index in [1.165, 1.54) is 0 Å². The number of hydrogen-bond donors (Lipinski definition) is 1. The lowest BCUT2D eigenvalue weighted by molar-refractivity contribution is -0.142. The van der Waals surface area contributed by atoms with E-state index in [-0.39, 0.29) is 5.97 Å². The summed E-state index contributed by atoms with van der Waals surface area (Å²) in [5.41, 5.74) is 5.06. The summed E-state index contributed by atoms with van der Waals surface area (Å²) >= 11 is 0. The number of carbonyl (C=O) groups is 1. The highest BCUT2D eigenvalue weighted by Crippen LogP contribution is 1.80. The SMILES string of the molecule is C=C.CCOC(=O)CCN. The molecule has 0 bridgehead atoms. The van der Waals surface area contributed by atoms with Crippen molar-refractivity contribution < 1.29 is 9.53 Å². The van der Waals surface area contributed by atoms with E-state index in [1.807, 2.05) is 0 Å². The maximum atomic E-state index is 10.3. The summed E-state index contributed by atoms with van der Waals surface area (Å²) in [5, 5.41) is 0. The van der Waals surface area contributed by atoms with E-state index < -0.39 is 0 Å². The van der Waals surface area contributed by atoms with Crippen LogP contribution < -0.4 is 5.73 Å². The molecule has 0 saturated carbocycles. The van der Waals surface area contributed by atoms with Crippen molar-refractivity contribution in [1.82, 2.24) is 0 Å². The van der Waals surface area contributed by atoms with Crippen molar-refractivity contribution in [2.45, 2.75) is 13.3 Å². The number of rotatable bonds is 3. The van der Waals surface area contributed by atoms with Crippen molar-refractivity contribution in [2.24, 2.45) is 5.73 Å². The highest BCUT2D eigenvalue weighted by Gasteiger charge is 1.95. The first-order valence-electron chi connectivity index (χ1n) is 3.17. The van der Waals surface area contributed by atoms with Gasteiger partial charge in [-0.3, -0.25) is 4.79 Å². The molecule has 0 spiro atoms. The summed E-state index contributed by atoms with van der Waals surface area (Å²) in [7, 11) is 0. The first-order chi connectivity index (χ1) is 4.81. The van der Waals surface area contributed by atoms with Crippen molar-refractivity contribution >= 4 is 5.97 Å². The Hall–Kier alpha value is -0.830. The third kappa shape index (κ3) is 10.2. The Morgan fingerprint density at radius 2 is 2.10 bits per heavy atom. The highest BCUT2D eigenvalue weighted by atomic mass is 16.5. The van der Waals surface area contributed by atoms with Crippen LogP contribution in [0.3, 0.4) is 0 Å². The van der Waals surface area contributed by atoms with Crippen LogP contribution in [0.5, 0.6) is 0 Å². The van der Waals surface area contributed by atoms with Crippen molar-refractivity contribution in [3.63, 3.8) is 0 Å². The van der Waals surface area contributed by atoms with E-state index in [2.05, 4.69) is 17.9 Å². The quantitative estimate of drug-likeness (QED) is 0.470. The molecule has 10 heavy (non-hydrogen) atoms. The van der Waals surface area contributed by atoms with Gasteiger partial charge in [0.15, 0.2) is 0 Å². The number of esters is 1. The molecular formula is C7H15NO2. The van der Waals surface area contributed by atoms with E-state index in [1.54, 1.807) is 6.92 Å². The minimum Gasteiger partial charge on any atom is -0.466 e. The van der Waals surface area contributed by atoms with Crippen LogP contribution in [0.15, 0.2) is 13.2 Å². The fourth-order valence-electron chi connectivity index (χ4n) is 0.351. The van der Waals surface area contributed by atoms with Crippen LogP contribution in [0, 0.1) is 0 Å². The highest BCUT2D eigenvalue weighted by molar-refractivity contribution is 5.69. The number of hydrogen-bond acceptors (Lipinski definition) is 3. The lowest BCUT2D eigenvalue weighted by Crippen LogP contribution is -2.10. The molecule has 0 aliphatic carbocycles. The summed E-state index contributed by atoms with van der Waals surface area (Å²) in [5.74, 6) is -0.213. The van der Waals surface area contributed by atoms with Gasteiger partial charge in [-0.25, -0.2) is 0 Å². The smallest absolute Gasteiger partial charge is 0.307 e. The van der Waals surface area contributed by atoms with Gasteiger partial charge in [-0.1, -0.05) is 0 Å². The molecule has 0 aliphatic heterocycles. The fraction of sp³-hybridized carbons (Fsp3) is 0.571. The summed E-state index contributed by atoms with van der Waals surface area (Å²) in [6.45, 7) is 8.59. The predicted octanol–water partition coefficient (Wildman–Crippen LogP) is 0.701. The van der Waals surface area contributed by atoms with Crippen LogP contribution in [0.4, 0.5) is 0 Å². The molecule has 0 aromatic heterocycles. The molecule has 60 valence electrons. The van der Waals surface area contributed by atoms with Gasteiger partial charge in [0, 0.05) is 6.54 Å². The van der Waals surface area contributed by atoms with Crippen LogP contribution in [0.2, 0.25) is 0 Å². The third-order valence-corrected chi connectivity index (χ3v) is 0.654. The van der Waals surface area contributed by atoms with Gasteiger partial charge in [0.05, 0.1) is 13.0 Å². The largest absolute Gasteiger partial charge is 0.466 e. The van der Waals surface area contributed by atoms with Crippen LogP contribution in [-0.2, 0) is 9.53 Å². The number of ether oxygens (including phenoxy) is 1. The summed E-state index contributed by atoms with van der Waals surface area (Å²) in [6, 6.07) is 0. The molecule has 0 aromatic carbocycles. The van der Waals surface area contributed by atoms with E-state index >= 15 is 0 Å². The molecule has 2 N–H and O–H groups in total. The molecule has 3 heteroatoms. The van der Waals surface area contributed by atoms with Gasteiger partial charge in [0.2, 0.25) is 0 Å². The summed E-state index contributed by atoms with van der Waals surface area (Å²) < 4.78 is 4.56. The van der Waals surface area contributed by atoms with E-state index in [9.17, 15) is 4.79 Å². The van der Waals surface area contributed by atoms with E-state index in [4.69, 9.17) is 5.73 Å². The molecule has 0 unspecified atom stereocenters. The minimum atomic E-state index is -0.213. The Morgan fingerprint density at radius 3 is 2.40 bits per heavy atom. The Bertz CT molecular complexity index is 75.7. The average molecular weight is 145 g/mol. The van der Waals surface area contributed by atoms with Crippen LogP contribution in [0.1, 0.15) is 13.3 Å². The standard InChI is InChI=1S/C5H11NO2.C2H4/c1-2-8-5(7)3-4-6;1-2/h2-4,6H2,1H3;1-2H2. The second-order valence-corrected chi connectivity index (χ2v) is 1.34. The molecule has 0 fully saturated rings. The van der Waals surface area contributed by atoms with Gasteiger partial charge in [0.25, 0.3) is 0 Å². The second kappa shape index (κ2) is 11.0. The molecular weight excluding hydrogens is 130 g/mol. The zero-order valence-electron chi connectivity index (χ0n) is 6.43. The maximum absolute atomic E-state index is 10.3. The zero-order chi connectivity index (χ0) is 8.41. The molecule has 0 aromatic rings. The molecule has 0 saturated heterocycles. The van der Waals surface area contributed by atoms with Gasteiger partial charge < -0.3 is 10.5 Å². The van der Waals surface area contributed by atoms with Gasteiger partial charge in [-0.05, 0) is 6.92 Å². The van der Waals surface area contributed by atoms with Crippen LogP contribution in [0.25, 0.3) is 0 Å². The first-order valence-corrected chi connectivity index (χ1v) is 3.17. The van der Waals surface area contributed by atoms with Crippen molar-refractivity contribution in [3.05, 3.63) is 13.2 Å². The van der Waals surface area contributed by atoms with Crippen LogP contribution in [-0.4, -0.2) is 19.1 Å². The molecule has 0 atom stereocenters. The monoisotopic (exact) mass is 145 g/mol.